The van der Waals surface area contributed by atoms with Gasteiger partial charge in [-0.05, 0) is 0 Å². The fourth-order valence-electron chi connectivity index (χ4n) is 0.537. The van der Waals surface area contributed by atoms with Crippen molar-refractivity contribution in [2.75, 3.05) is 0 Å². The number of ketones is 2. The Hall–Kier alpha value is -0.310. The average molecular weight is 213 g/mol. The second kappa shape index (κ2) is 3.90. The average Bonchev–Trinajstić information content (AvgIpc) is 1.82. The van der Waals surface area contributed by atoms with Crippen molar-refractivity contribution >= 4 is 47.2 Å². The van der Waals surface area contributed by atoms with E-state index in [1.807, 2.05) is 0 Å². The van der Waals surface area contributed by atoms with Crippen LogP contribution in [0.25, 0.3) is 0 Å². The molecule has 60 valence electrons. The topological polar surface area (TPSA) is 34.1 Å². The summed E-state index contributed by atoms with van der Waals surface area (Å²) in [6.07, 6.45) is 2.07. The molecule has 1 rings (SSSR count). The molecule has 0 heterocycles. The van der Waals surface area contributed by atoms with Crippen LogP contribution in [-0.2, 0) is 9.59 Å². The van der Waals surface area contributed by atoms with Crippen molar-refractivity contribution < 1.29 is 9.59 Å². The van der Waals surface area contributed by atoms with Gasteiger partial charge in [-0.2, -0.15) is 0 Å². The van der Waals surface area contributed by atoms with E-state index in [-0.39, 0.29) is 28.3 Å². The fourth-order valence-corrected chi connectivity index (χ4v) is 1.00. The molecule has 0 radical (unpaired) electrons. The molecule has 0 aromatic heterocycles. The number of allylic oxidation sites excluding steroid dienone is 4. The maximum Gasteiger partial charge on any atom is 0.215 e. The third-order valence-corrected chi connectivity index (χ3v) is 1.53. The summed E-state index contributed by atoms with van der Waals surface area (Å²) in [7, 11) is 0. The molecule has 5 heteroatoms. The van der Waals surface area contributed by atoms with Crippen LogP contribution in [0.3, 0.4) is 0 Å². The number of hydrogen-bond acceptors (Lipinski definition) is 2. The second-order valence-electron chi connectivity index (χ2n) is 1.72. The molecule has 0 fully saturated rings. The van der Waals surface area contributed by atoms with E-state index in [4.69, 9.17) is 23.2 Å². The van der Waals surface area contributed by atoms with Crippen LogP contribution in [-0.4, -0.2) is 11.6 Å². The minimum absolute atomic E-state index is 0. The summed E-state index contributed by atoms with van der Waals surface area (Å²) in [6.45, 7) is 0. The lowest BCUT2D eigenvalue weighted by atomic mass is 10.2. The Morgan fingerprint density at radius 1 is 1.00 bits per heavy atom. The molecule has 0 aromatic rings. The lowest BCUT2D eigenvalue weighted by molar-refractivity contribution is -0.114. The Balaban J connectivity index is 0.000001000. The van der Waals surface area contributed by atoms with E-state index < -0.39 is 5.78 Å². The second-order valence-corrected chi connectivity index (χ2v) is 2.53. The highest BCUT2D eigenvalue weighted by Crippen LogP contribution is 2.18. The summed E-state index contributed by atoms with van der Waals surface area (Å²) in [5.41, 5.74) is 0. The number of carbonyl (C=O) groups excluding carboxylic acids is 2. The van der Waals surface area contributed by atoms with Gasteiger partial charge in [-0.1, -0.05) is 23.2 Å². The number of halogens is 3. The molecule has 0 saturated carbocycles. The highest BCUT2D eigenvalue weighted by Gasteiger charge is 2.17. The molecule has 0 aliphatic heterocycles. The van der Waals surface area contributed by atoms with E-state index in [1.165, 1.54) is 0 Å². The van der Waals surface area contributed by atoms with Gasteiger partial charge < -0.3 is 0 Å². The smallest absolute Gasteiger partial charge is 0.215 e. The van der Waals surface area contributed by atoms with E-state index in [9.17, 15) is 9.59 Å². The van der Waals surface area contributed by atoms with Gasteiger partial charge in [0.1, 0.15) is 0 Å². The predicted octanol–water partition coefficient (Wildman–Crippen LogP) is 1.81. The van der Waals surface area contributed by atoms with Crippen LogP contribution in [0.5, 0.6) is 0 Å². The van der Waals surface area contributed by atoms with E-state index in [0.29, 0.717) is 0 Å². The highest BCUT2D eigenvalue weighted by atomic mass is 35.5. The molecule has 1 aliphatic carbocycles. The third kappa shape index (κ3) is 2.33. The fraction of sp³-hybridized carbons (Fsp3) is 0. The first-order valence-electron chi connectivity index (χ1n) is 2.44. The van der Waals surface area contributed by atoms with Gasteiger partial charge in [0, 0.05) is 12.2 Å². The van der Waals surface area contributed by atoms with E-state index in [2.05, 4.69) is 0 Å². The molecular weight excluding hydrogens is 210 g/mol. The van der Waals surface area contributed by atoms with Crippen molar-refractivity contribution in [1.29, 1.82) is 0 Å². The Labute approximate surface area is 79.3 Å². The summed E-state index contributed by atoms with van der Waals surface area (Å²) in [5.74, 6) is -0.850. The lowest BCUT2D eigenvalue weighted by Gasteiger charge is -2.00. The molecule has 0 spiro atoms. The van der Waals surface area contributed by atoms with Gasteiger partial charge in [0.25, 0.3) is 0 Å². The number of hydrogen-bond donors (Lipinski definition) is 0. The number of rotatable bonds is 0. The molecule has 1 aliphatic rings. The van der Waals surface area contributed by atoms with Crippen LogP contribution in [0, 0.1) is 0 Å². The Morgan fingerprint density at radius 3 is 1.73 bits per heavy atom. The van der Waals surface area contributed by atoms with Crippen LogP contribution in [0.15, 0.2) is 22.2 Å². The Bertz CT molecular complexity index is 241. The quantitative estimate of drug-likeness (QED) is 0.575. The van der Waals surface area contributed by atoms with Crippen molar-refractivity contribution in [1.82, 2.24) is 0 Å². The molecule has 2 nitrogen and oxygen atoms in total. The molecule has 0 saturated heterocycles. The molecule has 0 bridgehead atoms. The molecule has 11 heavy (non-hydrogen) atoms. The zero-order valence-electron chi connectivity index (χ0n) is 5.14. The first-order chi connectivity index (χ1) is 4.61. The van der Waals surface area contributed by atoms with E-state index >= 15 is 0 Å². The van der Waals surface area contributed by atoms with Gasteiger partial charge in [0.05, 0.1) is 10.1 Å². The van der Waals surface area contributed by atoms with Gasteiger partial charge in [0.15, 0.2) is 5.78 Å². The maximum atomic E-state index is 10.7. The Kier molecular flexibility index (Phi) is 3.79. The minimum atomic E-state index is -0.497. The minimum Gasteiger partial charge on any atom is -0.290 e. The largest absolute Gasteiger partial charge is 0.290 e. The van der Waals surface area contributed by atoms with Gasteiger partial charge in [-0.15, -0.1) is 12.4 Å². The normalized spacial score (nSPS) is 16.9. The third-order valence-electron chi connectivity index (χ3n) is 0.972. The van der Waals surface area contributed by atoms with Crippen molar-refractivity contribution in [2.45, 2.75) is 0 Å². The zero-order valence-corrected chi connectivity index (χ0v) is 7.46. The molecule has 0 N–H and O–H groups in total. The zero-order chi connectivity index (χ0) is 7.72. The summed E-state index contributed by atoms with van der Waals surface area (Å²) in [6, 6.07) is 0. The number of carbonyl (C=O) groups is 2. The van der Waals surface area contributed by atoms with Crippen molar-refractivity contribution in [3.05, 3.63) is 22.2 Å². The lowest BCUT2D eigenvalue weighted by Crippen LogP contribution is -2.07. The molecule has 0 aromatic carbocycles. The van der Waals surface area contributed by atoms with Gasteiger partial charge in [-0.25, -0.2) is 0 Å². The van der Waals surface area contributed by atoms with E-state index in [0.717, 1.165) is 12.2 Å². The van der Waals surface area contributed by atoms with Crippen LogP contribution in [0.4, 0.5) is 0 Å². The van der Waals surface area contributed by atoms with Crippen molar-refractivity contribution in [3.63, 3.8) is 0 Å². The number of Topliss-reactive ketones (excluding diaryl/α,β-unsaturated/α-hetero) is 1. The standard InChI is InChI=1S/C6H2Cl2O2.ClH/c7-4-1-3(9)2-5(8)6(4)10;/h1-2H;1H. The molecule has 0 amide bonds. The van der Waals surface area contributed by atoms with Crippen LogP contribution in [0.2, 0.25) is 0 Å². The van der Waals surface area contributed by atoms with Crippen molar-refractivity contribution in [3.8, 4) is 0 Å². The van der Waals surface area contributed by atoms with Crippen LogP contribution < -0.4 is 0 Å². The van der Waals surface area contributed by atoms with Gasteiger partial charge in [-0.3, -0.25) is 9.59 Å². The van der Waals surface area contributed by atoms with Crippen LogP contribution >= 0.6 is 35.6 Å². The van der Waals surface area contributed by atoms with E-state index in [1.54, 1.807) is 0 Å². The maximum absolute atomic E-state index is 10.7. The summed E-state index contributed by atoms with van der Waals surface area (Å²) in [4.78, 5) is 21.3. The molecule has 0 unspecified atom stereocenters. The molecular formula is C6H3Cl3O2. The first-order valence-corrected chi connectivity index (χ1v) is 3.20. The monoisotopic (exact) mass is 212 g/mol. The Morgan fingerprint density at radius 2 is 1.36 bits per heavy atom. The summed E-state index contributed by atoms with van der Waals surface area (Å²) >= 11 is 10.6. The summed E-state index contributed by atoms with van der Waals surface area (Å²) in [5, 5.41) is -0.255. The highest BCUT2D eigenvalue weighted by molar-refractivity contribution is 6.57. The van der Waals surface area contributed by atoms with Gasteiger partial charge in [0.2, 0.25) is 5.78 Å². The molecule has 0 atom stereocenters. The first kappa shape index (κ1) is 10.7. The van der Waals surface area contributed by atoms with Gasteiger partial charge >= 0.3 is 0 Å². The SMILES string of the molecule is Cl.O=C1C=C(Cl)C(=O)C(Cl)=C1. The van der Waals surface area contributed by atoms with Crippen molar-refractivity contribution in [2.24, 2.45) is 0 Å². The summed E-state index contributed by atoms with van der Waals surface area (Å²) < 4.78 is 0. The predicted molar refractivity (Wildman–Crippen MR) is 45.1 cm³/mol. The van der Waals surface area contributed by atoms with Crippen LogP contribution in [0.1, 0.15) is 0 Å².